The minimum Gasteiger partial charge on any atom is -0.390 e. The molecule has 0 radical (unpaired) electrons. The van der Waals surface area contributed by atoms with Crippen molar-refractivity contribution >= 4 is 15.9 Å². The van der Waals surface area contributed by atoms with Gasteiger partial charge in [0, 0.05) is 23.0 Å². The number of aliphatic hydroxyl groups excluding tert-OH is 1. The Labute approximate surface area is 121 Å². The number of imidazole rings is 1. The van der Waals surface area contributed by atoms with Gasteiger partial charge in [-0.25, -0.2) is 4.98 Å². The van der Waals surface area contributed by atoms with Crippen LogP contribution < -0.4 is 0 Å². The van der Waals surface area contributed by atoms with Gasteiger partial charge in [-0.15, -0.1) is 0 Å². The van der Waals surface area contributed by atoms with E-state index in [1.165, 1.54) is 18.4 Å². The van der Waals surface area contributed by atoms with Crippen LogP contribution in [0.1, 0.15) is 29.9 Å². The summed E-state index contributed by atoms with van der Waals surface area (Å²) in [4.78, 5) is 4.78. The van der Waals surface area contributed by atoms with Crippen molar-refractivity contribution in [1.29, 1.82) is 0 Å². The molecule has 4 heteroatoms. The maximum atomic E-state index is 9.71. The SMILES string of the molecule is Cc1ccc(Br)cc1-c1nc2n(c1CO)CCCC2. The summed E-state index contributed by atoms with van der Waals surface area (Å²) in [6.07, 6.45) is 3.38. The molecule has 0 atom stereocenters. The highest BCUT2D eigenvalue weighted by atomic mass is 79.9. The molecule has 0 saturated heterocycles. The molecule has 1 aliphatic heterocycles. The van der Waals surface area contributed by atoms with Crippen LogP contribution in [0.2, 0.25) is 0 Å². The molecule has 0 bridgehead atoms. The molecule has 2 heterocycles. The van der Waals surface area contributed by atoms with Crippen molar-refractivity contribution < 1.29 is 5.11 Å². The summed E-state index contributed by atoms with van der Waals surface area (Å²) >= 11 is 3.51. The van der Waals surface area contributed by atoms with Gasteiger partial charge >= 0.3 is 0 Å². The lowest BCUT2D eigenvalue weighted by Gasteiger charge is -2.15. The normalized spacial score (nSPS) is 14.5. The standard InChI is InChI=1S/C15H17BrN2O/c1-10-5-6-11(16)8-12(10)15-13(9-19)18-7-3-2-4-14(18)17-15/h5-6,8,19H,2-4,7,9H2,1H3. The molecule has 0 amide bonds. The van der Waals surface area contributed by atoms with Crippen LogP contribution in [-0.2, 0) is 19.6 Å². The maximum absolute atomic E-state index is 9.71. The zero-order chi connectivity index (χ0) is 13.4. The number of benzene rings is 1. The smallest absolute Gasteiger partial charge is 0.109 e. The van der Waals surface area contributed by atoms with Gasteiger partial charge in [-0.1, -0.05) is 22.0 Å². The van der Waals surface area contributed by atoms with Gasteiger partial charge in [-0.05, 0) is 37.5 Å². The second-order valence-electron chi connectivity index (χ2n) is 5.05. The highest BCUT2D eigenvalue weighted by Gasteiger charge is 2.21. The zero-order valence-electron chi connectivity index (χ0n) is 11.0. The van der Waals surface area contributed by atoms with Gasteiger partial charge in [0.05, 0.1) is 18.0 Å². The van der Waals surface area contributed by atoms with Crippen LogP contribution in [0.5, 0.6) is 0 Å². The van der Waals surface area contributed by atoms with E-state index in [0.29, 0.717) is 0 Å². The molecule has 3 rings (SSSR count). The topological polar surface area (TPSA) is 38.0 Å². The summed E-state index contributed by atoms with van der Waals surface area (Å²) in [7, 11) is 0. The third-order valence-electron chi connectivity index (χ3n) is 3.79. The average Bonchev–Trinajstić information content (AvgIpc) is 2.79. The Morgan fingerprint density at radius 3 is 3.00 bits per heavy atom. The number of aliphatic hydroxyl groups is 1. The molecule has 100 valence electrons. The molecule has 3 nitrogen and oxygen atoms in total. The minimum absolute atomic E-state index is 0.0499. The summed E-state index contributed by atoms with van der Waals surface area (Å²) in [5.74, 6) is 1.12. The summed E-state index contributed by atoms with van der Waals surface area (Å²) in [6.45, 7) is 3.11. The molecule has 1 aromatic heterocycles. The van der Waals surface area contributed by atoms with Gasteiger partial charge in [0.1, 0.15) is 5.82 Å². The number of nitrogens with zero attached hydrogens (tertiary/aromatic N) is 2. The van der Waals surface area contributed by atoms with Gasteiger partial charge in [0.15, 0.2) is 0 Å². The van der Waals surface area contributed by atoms with Crippen molar-refractivity contribution in [2.45, 2.75) is 39.3 Å². The van der Waals surface area contributed by atoms with E-state index < -0.39 is 0 Å². The Bertz CT molecular complexity index is 619. The van der Waals surface area contributed by atoms with Crippen LogP contribution >= 0.6 is 15.9 Å². The second-order valence-corrected chi connectivity index (χ2v) is 5.97. The number of hydrogen-bond acceptors (Lipinski definition) is 2. The highest BCUT2D eigenvalue weighted by Crippen LogP contribution is 2.31. The molecule has 0 aliphatic carbocycles. The van der Waals surface area contributed by atoms with Crippen LogP contribution in [0.15, 0.2) is 22.7 Å². The lowest BCUT2D eigenvalue weighted by molar-refractivity contribution is 0.268. The second kappa shape index (κ2) is 5.10. The van der Waals surface area contributed by atoms with Gasteiger partial charge in [-0.2, -0.15) is 0 Å². The lowest BCUT2D eigenvalue weighted by Crippen LogP contribution is -2.13. The number of halogens is 1. The molecular formula is C15H17BrN2O. The fourth-order valence-electron chi connectivity index (χ4n) is 2.77. The van der Waals surface area contributed by atoms with E-state index in [1.807, 2.05) is 6.07 Å². The van der Waals surface area contributed by atoms with Crippen LogP contribution in [0.4, 0.5) is 0 Å². The van der Waals surface area contributed by atoms with Crippen LogP contribution in [0.25, 0.3) is 11.3 Å². The fraction of sp³-hybridized carbons (Fsp3) is 0.400. The van der Waals surface area contributed by atoms with Crippen LogP contribution in [0.3, 0.4) is 0 Å². The molecule has 19 heavy (non-hydrogen) atoms. The van der Waals surface area contributed by atoms with Gasteiger partial charge in [0.25, 0.3) is 0 Å². The van der Waals surface area contributed by atoms with E-state index in [9.17, 15) is 5.11 Å². The first-order valence-corrected chi connectivity index (χ1v) is 7.45. The molecule has 2 aromatic rings. The predicted molar refractivity (Wildman–Crippen MR) is 79.0 cm³/mol. The summed E-state index contributed by atoms with van der Waals surface area (Å²) in [5, 5.41) is 9.71. The lowest BCUT2D eigenvalue weighted by atomic mass is 10.0. The molecule has 0 spiro atoms. The maximum Gasteiger partial charge on any atom is 0.109 e. The molecule has 0 saturated carbocycles. The molecule has 1 aliphatic rings. The minimum atomic E-state index is 0.0499. The van der Waals surface area contributed by atoms with E-state index in [2.05, 4.69) is 39.6 Å². The third-order valence-corrected chi connectivity index (χ3v) is 4.28. The van der Waals surface area contributed by atoms with Crippen molar-refractivity contribution in [2.75, 3.05) is 0 Å². The third kappa shape index (κ3) is 2.23. The number of aromatic nitrogens is 2. The van der Waals surface area contributed by atoms with Crippen molar-refractivity contribution in [2.24, 2.45) is 0 Å². The highest BCUT2D eigenvalue weighted by molar-refractivity contribution is 9.10. The molecular weight excluding hydrogens is 304 g/mol. The van der Waals surface area contributed by atoms with Gasteiger partial charge in [-0.3, -0.25) is 0 Å². The quantitative estimate of drug-likeness (QED) is 0.920. The summed E-state index contributed by atoms with van der Waals surface area (Å²) in [5.41, 5.74) is 4.20. The van der Waals surface area contributed by atoms with Crippen molar-refractivity contribution in [3.63, 3.8) is 0 Å². The Kier molecular flexibility index (Phi) is 3.46. The number of aryl methyl sites for hydroxylation is 2. The Balaban J connectivity index is 2.19. The van der Waals surface area contributed by atoms with Gasteiger partial charge < -0.3 is 9.67 Å². The fourth-order valence-corrected chi connectivity index (χ4v) is 3.13. The Morgan fingerprint density at radius 1 is 1.37 bits per heavy atom. The monoisotopic (exact) mass is 320 g/mol. The van der Waals surface area contributed by atoms with Crippen molar-refractivity contribution in [1.82, 2.24) is 9.55 Å². The van der Waals surface area contributed by atoms with Crippen LogP contribution in [-0.4, -0.2) is 14.7 Å². The number of fused-ring (bicyclic) bond motifs is 1. The van der Waals surface area contributed by atoms with E-state index in [1.54, 1.807) is 0 Å². The van der Waals surface area contributed by atoms with E-state index in [4.69, 9.17) is 4.98 Å². The summed E-state index contributed by atoms with van der Waals surface area (Å²) < 4.78 is 3.24. The first kappa shape index (κ1) is 12.9. The zero-order valence-corrected chi connectivity index (χ0v) is 12.6. The van der Waals surface area contributed by atoms with Crippen molar-refractivity contribution in [3.8, 4) is 11.3 Å². The number of rotatable bonds is 2. The largest absolute Gasteiger partial charge is 0.390 e. The molecule has 0 fully saturated rings. The number of hydrogen-bond donors (Lipinski definition) is 1. The van der Waals surface area contributed by atoms with Gasteiger partial charge in [0.2, 0.25) is 0 Å². The van der Waals surface area contributed by atoms with Crippen molar-refractivity contribution in [3.05, 3.63) is 39.8 Å². The Hall–Kier alpha value is -1.13. The first-order chi connectivity index (χ1) is 9.20. The van der Waals surface area contributed by atoms with E-state index in [0.717, 1.165) is 40.2 Å². The van der Waals surface area contributed by atoms with Crippen LogP contribution in [0, 0.1) is 6.92 Å². The first-order valence-electron chi connectivity index (χ1n) is 6.66. The Morgan fingerprint density at radius 2 is 2.21 bits per heavy atom. The molecule has 1 aromatic carbocycles. The summed E-state index contributed by atoms with van der Waals surface area (Å²) in [6, 6.07) is 6.20. The average molecular weight is 321 g/mol. The predicted octanol–water partition coefficient (Wildman–Crippen LogP) is 3.45. The van der Waals surface area contributed by atoms with E-state index in [-0.39, 0.29) is 6.61 Å². The molecule has 0 unspecified atom stereocenters. The van der Waals surface area contributed by atoms with E-state index >= 15 is 0 Å². The molecule has 1 N–H and O–H groups in total.